The molecule has 0 saturated heterocycles. The summed E-state index contributed by atoms with van der Waals surface area (Å²) in [7, 11) is 0. The lowest BCUT2D eigenvalue weighted by Gasteiger charge is -1.79. The van der Waals surface area contributed by atoms with Crippen molar-refractivity contribution < 1.29 is 0 Å². The van der Waals surface area contributed by atoms with Crippen LogP contribution in [0.2, 0.25) is 0 Å². The number of aromatic nitrogens is 3. The second kappa shape index (κ2) is 2.46. The summed E-state index contributed by atoms with van der Waals surface area (Å²) in [5, 5.41) is 4.00. The minimum absolute atomic E-state index is 0.823. The molecule has 3 nitrogen and oxygen atoms in total. The van der Waals surface area contributed by atoms with E-state index in [0.29, 0.717) is 0 Å². The molecule has 8 heavy (non-hydrogen) atoms. The molecule has 0 aliphatic carbocycles. The van der Waals surface area contributed by atoms with Gasteiger partial charge >= 0.3 is 0 Å². The predicted molar refractivity (Wildman–Crippen MR) is 46.9 cm³/mol. The summed E-state index contributed by atoms with van der Waals surface area (Å²) < 4.78 is 2.63. The Morgan fingerprint density at radius 1 is 1.62 bits per heavy atom. The van der Waals surface area contributed by atoms with Gasteiger partial charge in [0, 0.05) is 22.6 Å². The van der Waals surface area contributed by atoms with Crippen molar-refractivity contribution in [3.63, 3.8) is 0 Å². The number of rotatable bonds is 0. The fraction of sp³-hybridized carbons (Fsp3) is 0.333. The summed E-state index contributed by atoms with van der Waals surface area (Å²) in [5.74, 6) is 0.823. The molecule has 0 spiro atoms. The molecule has 1 heterocycles. The van der Waals surface area contributed by atoms with Crippen LogP contribution in [0.15, 0.2) is 0 Å². The first-order valence-corrected chi connectivity index (χ1v) is 4.00. The summed E-state index contributed by atoms with van der Waals surface area (Å²) >= 11 is 4.21. The van der Waals surface area contributed by atoms with Crippen LogP contribution < -0.4 is 0 Å². The van der Waals surface area contributed by atoms with Gasteiger partial charge in [-0.15, -0.1) is 5.10 Å². The van der Waals surface area contributed by atoms with Gasteiger partial charge in [0.1, 0.15) is 5.82 Å². The summed E-state index contributed by atoms with van der Waals surface area (Å²) in [4.78, 5) is 4.04. The first-order valence-electron chi connectivity index (χ1n) is 1.95. The second-order valence-corrected chi connectivity index (χ2v) is 3.17. The Kier molecular flexibility index (Phi) is 2.07. The van der Waals surface area contributed by atoms with E-state index in [1.54, 1.807) is 2.90 Å². The van der Waals surface area contributed by atoms with Crippen LogP contribution in [-0.2, 0) is 0 Å². The molecule has 1 aromatic rings. The molecule has 0 N–H and O–H groups in total. The normalized spacial score (nSPS) is 9.88. The lowest BCUT2D eigenvalue weighted by molar-refractivity contribution is 1.000. The number of hydrogen-bond acceptors (Lipinski definition) is 2. The van der Waals surface area contributed by atoms with Crippen LogP contribution in [-0.4, -0.2) is 13.0 Å². The monoisotopic (exact) mass is 335 g/mol. The molecule has 0 aliphatic heterocycles. The van der Waals surface area contributed by atoms with Crippen molar-refractivity contribution in [2.24, 2.45) is 0 Å². The van der Waals surface area contributed by atoms with Crippen molar-refractivity contribution in [1.29, 1.82) is 0 Å². The van der Waals surface area contributed by atoms with E-state index in [2.05, 4.69) is 55.5 Å². The van der Waals surface area contributed by atoms with E-state index in [1.165, 1.54) is 0 Å². The molecule has 1 aromatic heterocycles. The van der Waals surface area contributed by atoms with Gasteiger partial charge in [0.2, 0.25) is 0 Å². The maximum atomic E-state index is 4.04. The number of halogens is 2. The Bertz CT molecular complexity index is 175. The van der Waals surface area contributed by atoms with E-state index in [0.717, 1.165) is 9.66 Å². The Morgan fingerprint density at radius 2 is 2.25 bits per heavy atom. The zero-order valence-electron chi connectivity index (χ0n) is 4.10. The molecule has 0 aliphatic rings. The van der Waals surface area contributed by atoms with Crippen molar-refractivity contribution in [3.8, 4) is 0 Å². The van der Waals surface area contributed by atoms with Gasteiger partial charge in [-0.05, 0) is 6.92 Å². The largest absolute Gasteiger partial charge is 0.206 e. The van der Waals surface area contributed by atoms with E-state index in [1.807, 2.05) is 6.92 Å². The summed E-state index contributed by atoms with van der Waals surface area (Å²) in [6.07, 6.45) is 0. The van der Waals surface area contributed by atoms with Crippen molar-refractivity contribution >= 4 is 45.5 Å². The van der Waals surface area contributed by atoms with Gasteiger partial charge < -0.3 is 0 Å². The number of hydrogen-bond donors (Lipinski definition) is 0. The van der Waals surface area contributed by atoms with Crippen molar-refractivity contribution in [3.05, 3.63) is 9.66 Å². The highest BCUT2D eigenvalue weighted by Gasteiger charge is 1.97. The van der Waals surface area contributed by atoms with Gasteiger partial charge in [-0.3, -0.25) is 0 Å². The maximum absolute atomic E-state index is 4.04. The average molecular weight is 335 g/mol. The van der Waals surface area contributed by atoms with Crippen molar-refractivity contribution in [2.45, 2.75) is 6.92 Å². The molecular formula is C3H3I2N3. The average Bonchev–Trinajstić information content (AvgIpc) is 1.85. The topological polar surface area (TPSA) is 30.7 Å². The minimum atomic E-state index is 0.823. The second-order valence-electron chi connectivity index (χ2n) is 1.29. The Labute approximate surface area is 74.5 Å². The zero-order chi connectivity index (χ0) is 6.15. The first-order chi connectivity index (χ1) is 3.70. The van der Waals surface area contributed by atoms with E-state index >= 15 is 0 Å². The van der Waals surface area contributed by atoms with E-state index in [4.69, 9.17) is 0 Å². The van der Waals surface area contributed by atoms with Gasteiger partial charge in [-0.1, -0.05) is 0 Å². The molecule has 0 amide bonds. The van der Waals surface area contributed by atoms with Crippen LogP contribution in [0, 0.1) is 10.8 Å². The van der Waals surface area contributed by atoms with Gasteiger partial charge in [0.15, 0.2) is 3.83 Å². The number of aryl methyl sites for hydroxylation is 1. The molecule has 0 fully saturated rings. The van der Waals surface area contributed by atoms with Crippen molar-refractivity contribution in [2.75, 3.05) is 0 Å². The highest BCUT2D eigenvalue weighted by atomic mass is 127. The molecule has 5 heteroatoms. The van der Waals surface area contributed by atoms with E-state index in [9.17, 15) is 0 Å². The maximum Gasteiger partial charge on any atom is 0.199 e. The summed E-state index contributed by atoms with van der Waals surface area (Å²) in [5.41, 5.74) is 0. The Balaban J connectivity index is 3.14. The summed E-state index contributed by atoms with van der Waals surface area (Å²) in [6.45, 7) is 1.87. The van der Waals surface area contributed by atoms with Crippen LogP contribution in [0.1, 0.15) is 5.82 Å². The lowest BCUT2D eigenvalue weighted by Crippen LogP contribution is -1.82. The van der Waals surface area contributed by atoms with Crippen LogP contribution in [0.25, 0.3) is 0 Å². The van der Waals surface area contributed by atoms with Crippen LogP contribution in [0.4, 0.5) is 0 Å². The van der Waals surface area contributed by atoms with Gasteiger partial charge in [0.05, 0.1) is 22.9 Å². The summed E-state index contributed by atoms with van der Waals surface area (Å²) in [6, 6.07) is 0. The molecule has 0 aromatic carbocycles. The van der Waals surface area contributed by atoms with Gasteiger partial charge in [0.25, 0.3) is 0 Å². The lowest BCUT2D eigenvalue weighted by atomic mass is 10.8. The van der Waals surface area contributed by atoms with Crippen LogP contribution in [0.5, 0.6) is 0 Å². The third-order valence-electron chi connectivity index (χ3n) is 0.639. The molecule has 44 valence electrons. The SMILES string of the molecule is Cc1nc(I)n(I)n1. The molecular weight excluding hydrogens is 332 g/mol. The van der Waals surface area contributed by atoms with Gasteiger partial charge in [-0.2, -0.15) is 2.90 Å². The fourth-order valence-corrected chi connectivity index (χ4v) is 1.24. The third-order valence-corrected chi connectivity index (χ3v) is 2.93. The van der Waals surface area contributed by atoms with E-state index < -0.39 is 0 Å². The molecule has 0 saturated carbocycles. The standard InChI is InChI=1S/C3H3I2N3/c1-2-6-3(4)8(5)7-2/h1H3. The first kappa shape index (κ1) is 6.72. The number of nitrogens with zero attached hydrogens (tertiary/aromatic N) is 3. The van der Waals surface area contributed by atoms with Gasteiger partial charge in [-0.25, -0.2) is 4.98 Å². The van der Waals surface area contributed by atoms with E-state index in [-0.39, 0.29) is 0 Å². The highest BCUT2D eigenvalue weighted by molar-refractivity contribution is 14.1. The Hall–Kier alpha value is 0.600. The molecule has 0 bridgehead atoms. The molecule has 0 unspecified atom stereocenters. The molecule has 0 atom stereocenters. The smallest absolute Gasteiger partial charge is 0.199 e. The third kappa shape index (κ3) is 1.30. The minimum Gasteiger partial charge on any atom is -0.206 e. The molecule has 1 rings (SSSR count). The zero-order valence-corrected chi connectivity index (χ0v) is 8.41. The van der Waals surface area contributed by atoms with Crippen molar-refractivity contribution in [1.82, 2.24) is 13.0 Å². The Morgan fingerprint density at radius 3 is 2.38 bits per heavy atom. The highest BCUT2D eigenvalue weighted by Crippen LogP contribution is 2.03. The quantitative estimate of drug-likeness (QED) is 0.671. The van der Waals surface area contributed by atoms with Crippen LogP contribution >= 0.6 is 45.5 Å². The molecule has 0 radical (unpaired) electrons. The predicted octanol–water partition coefficient (Wildman–Crippen LogP) is 1.39. The fourth-order valence-electron chi connectivity index (χ4n) is 0.365. The van der Waals surface area contributed by atoms with Crippen LogP contribution in [0.3, 0.4) is 0 Å².